The molecule has 261 valence electrons. The largest absolute Gasteiger partial charge is 0 e. The molecule has 0 atom stereocenters. The summed E-state index contributed by atoms with van der Waals surface area (Å²) < 4.78 is 30.2. The third kappa shape index (κ3) is 9.19. The Morgan fingerprint density at radius 3 is 2.21 bits per heavy atom. The first-order chi connectivity index (χ1) is 22.3. The molecule has 0 unspecified atom stereocenters. The van der Waals surface area contributed by atoms with Gasteiger partial charge in [-0.05, 0) is 25.7 Å². The van der Waals surface area contributed by atoms with Crippen molar-refractivity contribution < 1.29 is 38.8 Å². The SMILES string of the molecule is CCC(CC)C(=O)/C=C(\O)C(CC)CC.Cc1c(CCC(F)F)sc2c1sc1c(-c3[c-]c4ccccc4[c]([Ge]([CH3])([CH3])[CH3])c3)ncnc12.[Ir]. The average Bonchev–Trinajstić information content (AvgIpc) is 3.56. The van der Waals surface area contributed by atoms with Crippen LogP contribution in [0.15, 0.2) is 48.5 Å². The van der Waals surface area contributed by atoms with E-state index < -0.39 is 19.7 Å². The maximum atomic E-state index is 12.7. The minimum Gasteiger partial charge on any atom is 0 e. The van der Waals surface area contributed by atoms with Crippen molar-refractivity contribution >= 4 is 76.5 Å². The Hall–Kier alpha value is -2.04. The predicted octanol–water partition coefficient (Wildman–Crippen LogP) is 11.4. The van der Waals surface area contributed by atoms with E-state index in [-0.39, 0.29) is 49.9 Å². The minimum absolute atomic E-state index is 0. The van der Waals surface area contributed by atoms with E-state index >= 15 is 0 Å². The molecular weight excluding hydrogens is 883 g/mol. The number of carbonyl (C=O) groups excluding carboxylic acids is 1. The number of fused-ring (bicyclic) bond motifs is 4. The van der Waals surface area contributed by atoms with Crippen molar-refractivity contribution in [3.63, 3.8) is 0 Å². The minimum atomic E-state index is -2.27. The maximum absolute atomic E-state index is 12.7. The van der Waals surface area contributed by atoms with Gasteiger partial charge in [-0.3, -0.25) is 4.79 Å². The number of ketones is 1. The molecule has 0 spiro atoms. The van der Waals surface area contributed by atoms with E-state index in [0.29, 0.717) is 6.42 Å². The number of hydrogen-bond acceptors (Lipinski definition) is 6. The van der Waals surface area contributed by atoms with Crippen molar-refractivity contribution in [1.82, 2.24) is 9.97 Å². The number of carbonyl (C=O) groups is 1. The standard InChI is InChI=1S/C25H23F2GeN2S2.C13H24O2.Ir/c1-14-19(9-10-20(26)27)31-25-22-24(32-23(14)25)21(29-13-30-22)16-11-15-7-5-6-8-17(15)18(12-16)28(2,3)4;1-5-10(6-2)12(14)9-13(15)11(7-3)8-4;/h5-8,12-13,20H,9-10H2,1-4H3;9-11,14H,5-8H2,1-4H3;/q-1;;/b;12-9-;. The first kappa shape index (κ1) is 40.4. The van der Waals surface area contributed by atoms with Gasteiger partial charge in [-0.1, -0.05) is 27.7 Å². The smallest absolute Gasteiger partial charge is 0 e. The van der Waals surface area contributed by atoms with Crippen molar-refractivity contribution in [1.29, 1.82) is 0 Å². The van der Waals surface area contributed by atoms with Crippen LogP contribution in [0.4, 0.5) is 8.78 Å². The monoisotopic (exact) mass is 932 g/mol. The summed E-state index contributed by atoms with van der Waals surface area (Å²) in [4.78, 5) is 22.0. The molecule has 0 aliphatic carbocycles. The second kappa shape index (κ2) is 17.8. The number of allylic oxidation sites excluding steroid dienone is 2. The van der Waals surface area contributed by atoms with Gasteiger partial charge in [0.1, 0.15) is 0 Å². The number of thiophene rings is 2. The summed E-state index contributed by atoms with van der Waals surface area (Å²) in [7, 11) is 0. The summed E-state index contributed by atoms with van der Waals surface area (Å²) in [5, 5.41) is 12.2. The predicted molar refractivity (Wildman–Crippen MR) is 200 cm³/mol. The molecular formula is C38H47F2GeIrN2O2S2-. The summed E-state index contributed by atoms with van der Waals surface area (Å²) in [6.45, 7) is 10.1. The van der Waals surface area contributed by atoms with Gasteiger partial charge in [-0.2, -0.15) is 0 Å². The molecule has 3 aromatic heterocycles. The number of alkyl halides is 2. The molecule has 0 fully saturated rings. The van der Waals surface area contributed by atoms with E-state index in [1.807, 2.05) is 34.6 Å². The molecule has 10 heteroatoms. The van der Waals surface area contributed by atoms with Gasteiger partial charge in [-0.15, -0.1) is 0 Å². The molecule has 3 heterocycles. The fourth-order valence-corrected chi connectivity index (χ4v) is 12.1. The van der Waals surface area contributed by atoms with Crippen molar-refractivity contribution in [2.24, 2.45) is 11.8 Å². The first-order valence-electron chi connectivity index (χ1n) is 16.7. The van der Waals surface area contributed by atoms with E-state index in [2.05, 4.69) is 63.6 Å². The van der Waals surface area contributed by atoms with Crippen LogP contribution in [0.3, 0.4) is 0 Å². The molecule has 0 aliphatic heterocycles. The number of rotatable bonds is 12. The van der Waals surface area contributed by atoms with Crippen LogP contribution < -0.4 is 4.40 Å². The average molecular weight is 931 g/mol. The maximum Gasteiger partial charge on any atom is 0 e. The third-order valence-corrected chi connectivity index (χ3v) is 16.0. The molecule has 0 bridgehead atoms. The van der Waals surface area contributed by atoms with Crippen molar-refractivity contribution in [2.45, 2.75) is 96.8 Å². The molecule has 1 N–H and O–H groups in total. The van der Waals surface area contributed by atoms with E-state index in [0.717, 1.165) is 72.4 Å². The van der Waals surface area contributed by atoms with Crippen LogP contribution in [0.2, 0.25) is 17.3 Å². The summed E-state index contributed by atoms with van der Waals surface area (Å²) in [5.74, 6) is 7.78. The number of aromatic nitrogens is 2. The Bertz CT molecular complexity index is 1870. The zero-order chi connectivity index (χ0) is 34.5. The van der Waals surface area contributed by atoms with E-state index in [9.17, 15) is 18.7 Å². The Kier molecular flexibility index (Phi) is 14.9. The molecule has 48 heavy (non-hydrogen) atoms. The van der Waals surface area contributed by atoms with E-state index in [1.54, 1.807) is 29.0 Å². The second-order valence-corrected chi connectivity index (χ2v) is 25.8. The van der Waals surface area contributed by atoms with Gasteiger partial charge >= 0.3 is 189 Å². The van der Waals surface area contributed by atoms with Gasteiger partial charge in [0, 0.05) is 38.0 Å². The molecule has 0 saturated carbocycles. The Morgan fingerprint density at radius 1 is 0.958 bits per heavy atom. The molecule has 4 nitrogen and oxygen atoms in total. The fourth-order valence-electron chi connectivity index (χ4n) is 5.98. The molecule has 5 rings (SSSR count). The van der Waals surface area contributed by atoms with Crippen LogP contribution >= 0.6 is 22.7 Å². The summed E-state index contributed by atoms with van der Waals surface area (Å²) in [6.07, 6.45) is 4.57. The Balaban J connectivity index is 0.000000334. The van der Waals surface area contributed by atoms with Crippen molar-refractivity contribution in [3.05, 3.63) is 65.0 Å². The number of aliphatic hydroxyl groups excluding tert-OH is 1. The quantitative estimate of drug-likeness (QED) is 0.0586. The number of halogens is 2. The van der Waals surface area contributed by atoms with Crippen LogP contribution in [0.1, 0.15) is 70.2 Å². The van der Waals surface area contributed by atoms with Crippen LogP contribution in [0.25, 0.3) is 41.6 Å². The Morgan fingerprint density at radius 2 is 1.60 bits per heavy atom. The van der Waals surface area contributed by atoms with E-state index in [4.69, 9.17) is 0 Å². The number of hydrogen-bond donors (Lipinski definition) is 1. The summed E-state index contributed by atoms with van der Waals surface area (Å²) in [6, 6.07) is 14.4. The summed E-state index contributed by atoms with van der Waals surface area (Å²) >= 11 is 1.12. The van der Waals surface area contributed by atoms with Gasteiger partial charge in [0.25, 0.3) is 0 Å². The van der Waals surface area contributed by atoms with Crippen LogP contribution in [-0.4, -0.2) is 40.5 Å². The normalized spacial score (nSPS) is 12.3. The molecule has 0 aliphatic rings. The third-order valence-electron chi connectivity index (χ3n) is 8.92. The van der Waals surface area contributed by atoms with Crippen molar-refractivity contribution in [3.8, 4) is 11.3 Å². The van der Waals surface area contributed by atoms with Crippen LogP contribution in [0, 0.1) is 24.8 Å². The number of aryl methyl sites for hydroxylation is 2. The molecule has 5 aromatic rings. The van der Waals surface area contributed by atoms with Gasteiger partial charge in [0.05, 0.1) is 5.76 Å². The Labute approximate surface area is 308 Å². The van der Waals surface area contributed by atoms with Crippen LogP contribution in [0.5, 0.6) is 0 Å². The molecule has 1 radical (unpaired) electrons. The fraction of sp³-hybridized carbons (Fsp3) is 0.447. The number of benzene rings is 2. The zero-order valence-corrected chi connectivity index (χ0v) is 35.3. The first-order valence-corrected chi connectivity index (χ1v) is 25.7. The second-order valence-electron chi connectivity index (χ2n) is 13.1. The molecule has 0 saturated heterocycles. The van der Waals surface area contributed by atoms with Crippen molar-refractivity contribution in [2.75, 3.05) is 0 Å². The molecule has 2 aromatic carbocycles. The van der Waals surface area contributed by atoms with E-state index in [1.165, 1.54) is 15.9 Å². The zero-order valence-electron chi connectivity index (χ0n) is 29.2. The molecule has 0 amide bonds. The van der Waals surface area contributed by atoms with Gasteiger partial charge in [0.15, 0.2) is 5.78 Å². The van der Waals surface area contributed by atoms with Gasteiger partial charge in [0.2, 0.25) is 0 Å². The van der Waals surface area contributed by atoms with Crippen LogP contribution in [-0.2, 0) is 31.3 Å². The number of aliphatic hydroxyl groups is 1. The van der Waals surface area contributed by atoms with Gasteiger partial charge in [-0.25, -0.2) is 8.78 Å². The summed E-state index contributed by atoms with van der Waals surface area (Å²) in [5.41, 5.74) is 3.95. The topological polar surface area (TPSA) is 63.1 Å². The number of nitrogens with zero attached hydrogens (tertiary/aromatic N) is 2. The van der Waals surface area contributed by atoms with Gasteiger partial charge < -0.3 is 5.11 Å².